The molecule has 1 aromatic heterocycles. The zero-order chi connectivity index (χ0) is 15.0. The van der Waals surface area contributed by atoms with Gasteiger partial charge in [0.2, 0.25) is 11.8 Å². The lowest BCUT2D eigenvalue weighted by molar-refractivity contribution is 0.102. The predicted molar refractivity (Wildman–Crippen MR) is 75.2 cm³/mol. The van der Waals surface area contributed by atoms with Crippen molar-refractivity contribution < 1.29 is 19.6 Å². The first kappa shape index (κ1) is 13.5. The molecule has 106 valence electrons. The molecule has 0 fully saturated rings. The number of amides is 1. The van der Waals surface area contributed by atoms with E-state index in [1.807, 2.05) is 0 Å². The highest BCUT2D eigenvalue weighted by Gasteiger charge is 2.28. The van der Waals surface area contributed by atoms with E-state index < -0.39 is 13.0 Å². The summed E-state index contributed by atoms with van der Waals surface area (Å²) in [5, 5.41) is 21.5. The minimum Gasteiger partial charge on any atom is -0.493 e. The fraction of sp³-hybridized carbons (Fsp3) is 0.154. The van der Waals surface area contributed by atoms with Crippen LogP contribution in [0.15, 0.2) is 24.3 Å². The molecule has 0 spiro atoms. The summed E-state index contributed by atoms with van der Waals surface area (Å²) in [6.07, 6.45) is 0. The van der Waals surface area contributed by atoms with Gasteiger partial charge in [-0.3, -0.25) is 10.1 Å². The molecule has 0 saturated carbocycles. The van der Waals surface area contributed by atoms with Gasteiger partial charge in [-0.1, -0.05) is 6.07 Å². The Morgan fingerprint density at radius 1 is 1.38 bits per heavy atom. The van der Waals surface area contributed by atoms with Crippen molar-refractivity contribution in [2.45, 2.75) is 13.5 Å². The van der Waals surface area contributed by atoms with Gasteiger partial charge in [0.15, 0.2) is 0 Å². The molecule has 0 saturated heterocycles. The quantitative estimate of drug-likeness (QED) is 0.669. The fourth-order valence-corrected chi connectivity index (χ4v) is 2.14. The number of nitrogens with one attached hydrogen (secondary N) is 1. The molecule has 0 bridgehead atoms. The Labute approximate surface area is 120 Å². The Morgan fingerprint density at radius 3 is 2.95 bits per heavy atom. The second-order valence-electron chi connectivity index (χ2n) is 4.72. The topological polar surface area (TPSA) is 105 Å². The number of anilines is 1. The molecule has 1 aliphatic rings. The number of rotatable bonds is 2. The van der Waals surface area contributed by atoms with Crippen LogP contribution in [-0.2, 0) is 11.3 Å². The van der Waals surface area contributed by atoms with Crippen molar-refractivity contribution in [3.8, 4) is 5.88 Å². The molecule has 1 aliphatic heterocycles. The number of hydrogen-bond acceptors (Lipinski definition) is 6. The van der Waals surface area contributed by atoms with Crippen molar-refractivity contribution in [1.82, 2.24) is 9.97 Å². The van der Waals surface area contributed by atoms with Crippen LogP contribution in [0.3, 0.4) is 0 Å². The summed E-state index contributed by atoms with van der Waals surface area (Å²) in [6.45, 7) is 2.01. The SMILES string of the molecule is Cc1cc(O)nc(NC(=O)c2ccc3c(c2)B(O)OC3)n1. The third-order valence-corrected chi connectivity index (χ3v) is 3.14. The number of carbonyl (C=O) groups excluding carboxylic acids is 1. The van der Waals surface area contributed by atoms with E-state index in [4.69, 9.17) is 4.65 Å². The van der Waals surface area contributed by atoms with E-state index >= 15 is 0 Å². The fourth-order valence-electron chi connectivity index (χ4n) is 2.14. The summed E-state index contributed by atoms with van der Waals surface area (Å²) >= 11 is 0. The highest BCUT2D eigenvalue weighted by molar-refractivity contribution is 6.61. The molecule has 1 amide bonds. The average molecular weight is 285 g/mol. The van der Waals surface area contributed by atoms with Gasteiger partial charge < -0.3 is 14.8 Å². The van der Waals surface area contributed by atoms with Gasteiger partial charge in [-0.25, -0.2) is 4.98 Å². The van der Waals surface area contributed by atoms with Crippen LogP contribution in [0.1, 0.15) is 21.6 Å². The second-order valence-corrected chi connectivity index (χ2v) is 4.72. The summed E-state index contributed by atoms with van der Waals surface area (Å²) in [4.78, 5) is 19.9. The summed E-state index contributed by atoms with van der Waals surface area (Å²) in [5.74, 6) is -0.618. The summed E-state index contributed by atoms with van der Waals surface area (Å²) in [7, 11) is -1.01. The largest absolute Gasteiger partial charge is 0.493 e. The van der Waals surface area contributed by atoms with Crippen LogP contribution >= 0.6 is 0 Å². The molecule has 0 unspecified atom stereocenters. The Kier molecular flexibility index (Phi) is 3.32. The van der Waals surface area contributed by atoms with Crippen molar-refractivity contribution in [1.29, 1.82) is 0 Å². The van der Waals surface area contributed by atoms with Gasteiger partial charge in [-0.15, -0.1) is 0 Å². The monoisotopic (exact) mass is 285 g/mol. The van der Waals surface area contributed by atoms with Gasteiger partial charge in [-0.2, -0.15) is 4.98 Å². The maximum atomic E-state index is 12.1. The minimum atomic E-state index is -1.01. The van der Waals surface area contributed by atoms with Crippen LogP contribution in [0.2, 0.25) is 0 Å². The molecule has 8 heteroatoms. The van der Waals surface area contributed by atoms with Gasteiger partial charge in [0.1, 0.15) is 0 Å². The van der Waals surface area contributed by atoms with Gasteiger partial charge >= 0.3 is 7.12 Å². The van der Waals surface area contributed by atoms with Crippen LogP contribution in [0.25, 0.3) is 0 Å². The molecule has 0 radical (unpaired) electrons. The molecular formula is C13H12BN3O4. The number of carbonyl (C=O) groups is 1. The molecular weight excluding hydrogens is 273 g/mol. The molecule has 1 aromatic carbocycles. The average Bonchev–Trinajstić information content (AvgIpc) is 2.79. The Hall–Kier alpha value is -2.45. The normalized spacial score (nSPS) is 13.1. The van der Waals surface area contributed by atoms with Crippen LogP contribution in [0.4, 0.5) is 5.95 Å². The maximum Gasteiger partial charge on any atom is 0.491 e. The van der Waals surface area contributed by atoms with Gasteiger partial charge in [-0.05, 0) is 30.1 Å². The Balaban J connectivity index is 1.84. The van der Waals surface area contributed by atoms with Gasteiger partial charge in [0.25, 0.3) is 5.91 Å². The zero-order valence-corrected chi connectivity index (χ0v) is 11.2. The van der Waals surface area contributed by atoms with E-state index in [1.165, 1.54) is 6.07 Å². The molecule has 2 heterocycles. The predicted octanol–water partition coefficient (Wildman–Crippen LogP) is -0.0394. The van der Waals surface area contributed by atoms with Crippen molar-refractivity contribution >= 4 is 24.4 Å². The zero-order valence-electron chi connectivity index (χ0n) is 11.2. The first-order chi connectivity index (χ1) is 10.0. The maximum absolute atomic E-state index is 12.1. The van der Waals surface area contributed by atoms with Crippen molar-refractivity contribution in [3.63, 3.8) is 0 Å². The van der Waals surface area contributed by atoms with E-state index in [1.54, 1.807) is 25.1 Å². The lowest BCUT2D eigenvalue weighted by Crippen LogP contribution is -2.29. The lowest BCUT2D eigenvalue weighted by Gasteiger charge is -2.06. The molecule has 0 atom stereocenters. The summed E-state index contributed by atoms with van der Waals surface area (Å²) in [6, 6.07) is 6.32. The number of nitrogens with zero attached hydrogens (tertiary/aromatic N) is 2. The number of aryl methyl sites for hydroxylation is 1. The summed E-state index contributed by atoms with van der Waals surface area (Å²) in [5.41, 5.74) is 2.32. The standard InChI is InChI=1S/C13H12BN3O4/c1-7-4-11(18)16-13(15-7)17-12(19)8-2-3-9-6-21-14(20)10(9)5-8/h2-5,20H,6H2,1H3,(H2,15,16,17,18,19). The van der Waals surface area contributed by atoms with Gasteiger partial charge in [0, 0.05) is 17.3 Å². The highest BCUT2D eigenvalue weighted by atomic mass is 16.5. The van der Waals surface area contributed by atoms with E-state index in [-0.39, 0.29) is 11.8 Å². The molecule has 7 nitrogen and oxygen atoms in total. The molecule has 0 aliphatic carbocycles. The minimum absolute atomic E-state index is 0.0230. The number of benzene rings is 1. The number of fused-ring (bicyclic) bond motifs is 1. The van der Waals surface area contributed by atoms with Crippen LogP contribution in [0, 0.1) is 6.92 Å². The van der Waals surface area contributed by atoms with E-state index in [0.29, 0.717) is 23.3 Å². The van der Waals surface area contributed by atoms with E-state index in [0.717, 1.165) is 5.56 Å². The van der Waals surface area contributed by atoms with Crippen molar-refractivity contribution in [2.24, 2.45) is 0 Å². The highest BCUT2D eigenvalue weighted by Crippen LogP contribution is 2.14. The first-order valence-corrected chi connectivity index (χ1v) is 6.31. The smallest absolute Gasteiger partial charge is 0.491 e. The Bertz CT molecular complexity index is 702. The Morgan fingerprint density at radius 2 is 2.19 bits per heavy atom. The van der Waals surface area contributed by atoms with E-state index in [9.17, 15) is 14.9 Å². The second kappa shape index (κ2) is 5.15. The molecule has 21 heavy (non-hydrogen) atoms. The van der Waals surface area contributed by atoms with Crippen LogP contribution < -0.4 is 10.8 Å². The number of aromatic hydroxyl groups is 1. The first-order valence-electron chi connectivity index (χ1n) is 6.31. The third-order valence-electron chi connectivity index (χ3n) is 3.14. The lowest BCUT2D eigenvalue weighted by atomic mass is 9.79. The van der Waals surface area contributed by atoms with E-state index in [2.05, 4.69) is 15.3 Å². The van der Waals surface area contributed by atoms with Gasteiger partial charge in [0.05, 0.1) is 6.61 Å². The summed E-state index contributed by atoms with van der Waals surface area (Å²) < 4.78 is 5.07. The molecule has 3 N–H and O–H groups in total. The number of aromatic nitrogens is 2. The molecule has 2 aromatic rings. The van der Waals surface area contributed by atoms with Crippen molar-refractivity contribution in [2.75, 3.05) is 5.32 Å². The third kappa shape index (κ3) is 2.71. The number of hydrogen-bond donors (Lipinski definition) is 3. The molecule has 3 rings (SSSR count). The van der Waals surface area contributed by atoms with Crippen LogP contribution in [0.5, 0.6) is 5.88 Å². The van der Waals surface area contributed by atoms with Crippen LogP contribution in [-0.4, -0.2) is 33.1 Å². The van der Waals surface area contributed by atoms with Crippen molar-refractivity contribution in [3.05, 3.63) is 41.1 Å².